The zero-order chi connectivity index (χ0) is 18.4. The average Bonchev–Trinajstić information content (AvgIpc) is 3.15. The molecule has 0 unspecified atom stereocenters. The molecule has 28 heavy (non-hydrogen) atoms. The monoisotopic (exact) mass is 430 g/mol. The lowest BCUT2D eigenvalue weighted by Crippen LogP contribution is -2.35. The van der Waals surface area contributed by atoms with Gasteiger partial charge >= 0.3 is 0 Å². The fraction of sp³-hybridized carbons (Fsp3) is 0.526. The number of nitro benzene ring substituents is 1. The first-order valence-corrected chi connectivity index (χ1v) is 9.22. The van der Waals surface area contributed by atoms with Crippen molar-refractivity contribution in [2.24, 2.45) is 5.92 Å². The Balaban J connectivity index is 0.00000196. The summed E-state index contributed by atoms with van der Waals surface area (Å²) in [5.41, 5.74) is 0.741. The Bertz CT molecular complexity index is 733. The summed E-state index contributed by atoms with van der Waals surface area (Å²) in [6.45, 7) is 4.30. The number of halogens is 2. The van der Waals surface area contributed by atoms with E-state index in [1.54, 1.807) is 18.3 Å². The Kier molecular flexibility index (Phi) is 10.5. The van der Waals surface area contributed by atoms with Crippen LogP contribution in [0.5, 0.6) is 0 Å². The van der Waals surface area contributed by atoms with Gasteiger partial charge in [-0.2, -0.15) is 0 Å². The molecule has 0 spiro atoms. The van der Waals surface area contributed by atoms with Crippen molar-refractivity contribution >= 4 is 30.5 Å². The van der Waals surface area contributed by atoms with Crippen LogP contribution in [0.1, 0.15) is 25.2 Å². The third-order valence-corrected chi connectivity index (χ3v) is 5.05. The van der Waals surface area contributed by atoms with Crippen molar-refractivity contribution in [2.45, 2.75) is 25.7 Å². The number of oxazole rings is 1. The minimum absolute atomic E-state index is 0. The number of benzene rings is 1. The predicted octanol–water partition coefficient (Wildman–Crippen LogP) is 3.96. The Labute approximate surface area is 177 Å². The first-order chi connectivity index (χ1) is 12.7. The molecule has 1 aromatic heterocycles. The number of hydrogen-bond acceptors (Lipinski definition) is 6. The fourth-order valence-corrected chi connectivity index (χ4v) is 3.43. The summed E-state index contributed by atoms with van der Waals surface area (Å²) in [7, 11) is 2.01. The number of nitro groups is 1. The van der Waals surface area contributed by atoms with Gasteiger partial charge in [-0.15, -0.1) is 24.8 Å². The molecule has 9 heteroatoms. The molecular formula is C19H28Cl2N4O3. The zero-order valence-electron chi connectivity index (χ0n) is 16.0. The second-order valence-electron chi connectivity index (χ2n) is 6.85. The molecule has 2 heterocycles. The van der Waals surface area contributed by atoms with E-state index in [0.717, 1.165) is 38.5 Å². The number of non-ortho nitro benzene ring substituents is 1. The van der Waals surface area contributed by atoms with Crippen molar-refractivity contribution in [1.29, 1.82) is 0 Å². The summed E-state index contributed by atoms with van der Waals surface area (Å²) in [6.07, 6.45) is 6.18. The summed E-state index contributed by atoms with van der Waals surface area (Å²) in [5.74, 6) is 2.10. The molecule has 1 aliphatic heterocycles. The molecule has 1 aliphatic rings. The highest BCUT2D eigenvalue weighted by atomic mass is 35.5. The Morgan fingerprint density at radius 2 is 2.07 bits per heavy atom. The molecule has 1 aromatic carbocycles. The average molecular weight is 431 g/mol. The first-order valence-electron chi connectivity index (χ1n) is 9.22. The van der Waals surface area contributed by atoms with Crippen LogP contribution in [-0.2, 0) is 6.42 Å². The van der Waals surface area contributed by atoms with E-state index in [4.69, 9.17) is 4.42 Å². The van der Waals surface area contributed by atoms with Crippen LogP contribution >= 0.6 is 24.8 Å². The Morgan fingerprint density at radius 1 is 1.32 bits per heavy atom. The maximum Gasteiger partial charge on any atom is 0.270 e. The van der Waals surface area contributed by atoms with Crippen LogP contribution in [0, 0.1) is 16.0 Å². The highest BCUT2D eigenvalue weighted by Crippen LogP contribution is 2.25. The summed E-state index contributed by atoms with van der Waals surface area (Å²) >= 11 is 0. The zero-order valence-corrected chi connectivity index (χ0v) is 17.6. The topological polar surface area (TPSA) is 84.4 Å². The van der Waals surface area contributed by atoms with E-state index in [2.05, 4.69) is 15.2 Å². The van der Waals surface area contributed by atoms with Crippen LogP contribution in [-0.4, -0.2) is 48.0 Å². The molecule has 1 saturated heterocycles. The van der Waals surface area contributed by atoms with Crippen LogP contribution in [0.25, 0.3) is 11.3 Å². The SMILES string of the molecule is CNCCC1CCN(CCc2ncc(-c3cccc([N+](=O)[O-])c3)o2)CC1.Cl.Cl. The molecule has 3 rings (SSSR count). The number of likely N-dealkylation sites (tertiary alicyclic amines) is 1. The molecule has 0 atom stereocenters. The molecule has 156 valence electrons. The van der Waals surface area contributed by atoms with E-state index in [1.807, 2.05) is 7.05 Å². The van der Waals surface area contributed by atoms with E-state index in [1.165, 1.54) is 31.4 Å². The van der Waals surface area contributed by atoms with Gasteiger partial charge in [-0.1, -0.05) is 12.1 Å². The summed E-state index contributed by atoms with van der Waals surface area (Å²) in [5, 5.41) is 14.1. The van der Waals surface area contributed by atoms with Crippen LogP contribution in [0.15, 0.2) is 34.9 Å². The Morgan fingerprint density at radius 3 is 2.75 bits per heavy atom. The highest BCUT2D eigenvalue weighted by Gasteiger charge is 2.19. The number of rotatable bonds is 8. The van der Waals surface area contributed by atoms with Gasteiger partial charge in [0.15, 0.2) is 11.7 Å². The van der Waals surface area contributed by atoms with Crippen molar-refractivity contribution in [3.63, 3.8) is 0 Å². The van der Waals surface area contributed by atoms with Crippen LogP contribution in [0.2, 0.25) is 0 Å². The van der Waals surface area contributed by atoms with Gasteiger partial charge in [0.05, 0.1) is 11.1 Å². The summed E-state index contributed by atoms with van der Waals surface area (Å²) in [4.78, 5) is 17.3. The number of hydrogen-bond donors (Lipinski definition) is 1. The molecule has 2 aromatic rings. The van der Waals surface area contributed by atoms with E-state index in [-0.39, 0.29) is 30.5 Å². The lowest BCUT2D eigenvalue weighted by molar-refractivity contribution is -0.384. The Hall–Kier alpha value is -1.67. The number of piperidine rings is 1. The van der Waals surface area contributed by atoms with E-state index in [0.29, 0.717) is 17.2 Å². The van der Waals surface area contributed by atoms with Gasteiger partial charge in [0.2, 0.25) is 0 Å². The third-order valence-electron chi connectivity index (χ3n) is 5.05. The molecule has 1 fully saturated rings. The van der Waals surface area contributed by atoms with E-state index in [9.17, 15) is 10.1 Å². The number of aromatic nitrogens is 1. The minimum Gasteiger partial charge on any atom is -0.441 e. The largest absolute Gasteiger partial charge is 0.441 e. The molecule has 0 radical (unpaired) electrons. The van der Waals surface area contributed by atoms with Crippen molar-refractivity contribution < 1.29 is 9.34 Å². The molecule has 0 saturated carbocycles. The van der Waals surface area contributed by atoms with Crippen molar-refractivity contribution in [3.8, 4) is 11.3 Å². The van der Waals surface area contributed by atoms with Gasteiger partial charge in [-0.05, 0) is 51.9 Å². The van der Waals surface area contributed by atoms with Crippen molar-refractivity contribution in [2.75, 3.05) is 33.2 Å². The standard InChI is InChI=1S/C19H26N4O3.2ClH/c1-20-9-5-15-6-10-22(11-7-15)12-8-19-21-14-18(26-19)16-3-2-4-17(13-16)23(24)25;;/h2-4,13-15,20H,5-12H2,1H3;2*1H. The predicted molar refractivity (Wildman–Crippen MR) is 115 cm³/mol. The van der Waals surface area contributed by atoms with Crippen LogP contribution in [0.3, 0.4) is 0 Å². The van der Waals surface area contributed by atoms with Crippen LogP contribution in [0.4, 0.5) is 5.69 Å². The summed E-state index contributed by atoms with van der Waals surface area (Å²) < 4.78 is 5.80. The third kappa shape index (κ3) is 6.74. The molecule has 0 aliphatic carbocycles. The van der Waals surface area contributed by atoms with Gasteiger partial charge in [0, 0.05) is 30.7 Å². The smallest absolute Gasteiger partial charge is 0.270 e. The number of nitrogens with one attached hydrogen (secondary N) is 1. The second-order valence-corrected chi connectivity index (χ2v) is 6.85. The van der Waals surface area contributed by atoms with E-state index >= 15 is 0 Å². The van der Waals surface area contributed by atoms with Gasteiger partial charge < -0.3 is 14.6 Å². The van der Waals surface area contributed by atoms with Gasteiger partial charge in [-0.3, -0.25) is 10.1 Å². The van der Waals surface area contributed by atoms with Gasteiger partial charge in [0.1, 0.15) is 0 Å². The second kappa shape index (κ2) is 12.0. The highest BCUT2D eigenvalue weighted by molar-refractivity contribution is 5.85. The van der Waals surface area contributed by atoms with Gasteiger partial charge in [0.25, 0.3) is 5.69 Å². The fourth-order valence-electron chi connectivity index (χ4n) is 3.43. The maximum atomic E-state index is 10.9. The molecule has 7 nitrogen and oxygen atoms in total. The normalized spacial score (nSPS) is 14.9. The molecule has 0 amide bonds. The van der Waals surface area contributed by atoms with Gasteiger partial charge in [-0.25, -0.2) is 4.98 Å². The van der Waals surface area contributed by atoms with Crippen LogP contribution < -0.4 is 5.32 Å². The number of nitrogens with zero attached hydrogens (tertiary/aromatic N) is 3. The quantitative estimate of drug-likeness (QED) is 0.503. The molecular weight excluding hydrogens is 403 g/mol. The molecule has 0 bridgehead atoms. The van der Waals surface area contributed by atoms with Crippen molar-refractivity contribution in [1.82, 2.24) is 15.2 Å². The lowest BCUT2D eigenvalue weighted by atomic mass is 9.93. The molecule has 1 N–H and O–H groups in total. The van der Waals surface area contributed by atoms with Crippen molar-refractivity contribution in [3.05, 3.63) is 46.5 Å². The maximum absolute atomic E-state index is 10.9. The lowest BCUT2D eigenvalue weighted by Gasteiger charge is -2.31. The summed E-state index contributed by atoms with van der Waals surface area (Å²) in [6, 6.07) is 6.45. The minimum atomic E-state index is -0.402. The first kappa shape index (κ1) is 24.4. The van der Waals surface area contributed by atoms with E-state index < -0.39 is 4.92 Å².